The van der Waals surface area contributed by atoms with Crippen LogP contribution in [0.5, 0.6) is 23.0 Å². The van der Waals surface area contributed by atoms with Gasteiger partial charge in [-0.3, -0.25) is 15.2 Å². The molecule has 11 heteroatoms. The molecule has 4 rings (SSSR count). The Morgan fingerprint density at radius 3 is 2.37 bits per heavy atom. The van der Waals surface area contributed by atoms with Gasteiger partial charge in [0.05, 0.1) is 25.3 Å². The van der Waals surface area contributed by atoms with Crippen molar-refractivity contribution in [2.45, 2.75) is 6.18 Å². The van der Waals surface area contributed by atoms with E-state index in [1.165, 1.54) is 20.3 Å². The maximum absolute atomic E-state index is 13.0. The number of alkyl halides is 3. The van der Waals surface area contributed by atoms with E-state index in [0.717, 1.165) is 18.2 Å². The molecule has 0 aliphatic carbocycles. The summed E-state index contributed by atoms with van der Waals surface area (Å²) >= 11 is 0. The Kier molecular flexibility index (Phi) is 7.38. The van der Waals surface area contributed by atoms with Gasteiger partial charge in [0.1, 0.15) is 17.3 Å². The minimum absolute atomic E-state index is 0.216. The minimum Gasteiger partial charge on any atom is -0.493 e. The maximum Gasteiger partial charge on any atom is 0.416 e. The van der Waals surface area contributed by atoms with Crippen LogP contribution in [0.2, 0.25) is 0 Å². The zero-order chi connectivity index (χ0) is 27.4. The fraction of sp³-hybridized carbons (Fsp3) is 0.148. The average Bonchev–Trinajstić information content (AvgIpc) is 2.91. The number of carbonyl (C=O) groups is 1. The van der Waals surface area contributed by atoms with Crippen molar-refractivity contribution in [3.05, 3.63) is 83.6 Å². The lowest BCUT2D eigenvalue weighted by Crippen LogP contribution is -2.31. The number of amides is 1. The maximum atomic E-state index is 13.0. The van der Waals surface area contributed by atoms with Crippen LogP contribution in [0.4, 0.5) is 18.9 Å². The highest BCUT2D eigenvalue weighted by molar-refractivity contribution is 6.13. The lowest BCUT2D eigenvalue weighted by molar-refractivity contribution is -0.137. The Morgan fingerprint density at radius 2 is 1.68 bits per heavy atom. The summed E-state index contributed by atoms with van der Waals surface area (Å²) in [5.74, 6) is 0.827. The number of methoxy groups -OCH3 is 2. The van der Waals surface area contributed by atoms with Gasteiger partial charge in [0.25, 0.3) is 5.91 Å². The van der Waals surface area contributed by atoms with E-state index in [-0.39, 0.29) is 11.4 Å². The van der Waals surface area contributed by atoms with Crippen LogP contribution in [0.25, 0.3) is 10.9 Å². The zero-order valence-corrected chi connectivity index (χ0v) is 20.6. The van der Waals surface area contributed by atoms with Gasteiger partial charge in [-0.1, -0.05) is 6.07 Å². The van der Waals surface area contributed by atoms with Crippen LogP contribution in [0, 0.1) is 5.41 Å². The Bertz CT molecular complexity index is 1520. The molecule has 0 aliphatic rings. The SMILES string of the molecule is CNc1cc(Oc2ccnc3cc(OC)c(OC)cc23)ccc1C(=N)NC(=O)c1cccc(C(F)(F)F)c1. The second kappa shape index (κ2) is 10.7. The number of pyridine rings is 1. The molecule has 1 amide bonds. The molecule has 8 nitrogen and oxygen atoms in total. The van der Waals surface area contributed by atoms with Gasteiger partial charge in [0.2, 0.25) is 0 Å². The summed E-state index contributed by atoms with van der Waals surface area (Å²) in [6.07, 6.45) is -2.99. The summed E-state index contributed by atoms with van der Waals surface area (Å²) in [5.41, 5.74) is 0.228. The molecule has 0 fully saturated rings. The van der Waals surface area contributed by atoms with Gasteiger partial charge >= 0.3 is 6.18 Å². The van der Waals surface area contributed by atoms with E-state index >= 15 is 0 Å². The summed E-state index contributed by atoms with van der Waals surface area (Å²) in [5, 5.41) is 14.3. The number of aromatic nitrogens is 1. The van der Waals surface area contributed by atoms with Crippen molar-refractivity contribution < 1.29 is 32.2 Å². The van der Waals surface area contributed by atoms with Gasteiger partial charge in [-0.05, 0) is 42.5 Å². The van der Waals surface area contributed by atoms with Gasteiger partial charge < -0.3 is 24.8 Å². The molecule has 0 bridgehead atoms. The number of nitrogens with zero attached hydrogens (tertiary/aromatic N) is 1. The molecule has 196 valence electrons. The smallest absolute Gasteiger partial charge is 0.416 e. The molecule has 0 unspecified atom stereocenters. The van der Waals surface area contributed by atoms with Gasteiger partial charge in [-0.25, -0.2) is 0 Å². The number of ether oxygens (including phenoxy) is 3. The van der Waals surface area contributed by atoms with Gasteiger partial charge in [-0.2, -0.15) is 13.2 Å². The van der Waals surface area contributed by atoms with Crippen LogP contribution in [0.3, 0.4) is 0 Å². The number of carbonyl (C=O) groups excluding carboxylic acids is 1. The first-order chi connectivity index (χ1) is 18.1. The van der Waals surface area contributed by atoms with Crippen molar-refractivity contribution >= 4 is 28.3 Å². The van der Waals surface area contributed by atoms with E-state index in [0.29, 0.717) is 45.2 Å². The van der Waals surface area contributed by atoms with Crippen LogP contribution in [-0.2, 0) is 6.18 Å². The van der Waals surface area contributed by atoms with E-state index in [9.17, 15) is 18.0 Å². The number of nitrogens with one attached hydrogen (secondary N) is 3. The number of anilines is 1. The topological polar surface area (TPSA) is 106 Å². The third kappa shape index (κ3) is 5.46. The normalized spacial score (nSPS) is 11.1. The number of benzene rings is 3. The number of hydrogen-bond donors (Lipinski definition) is 3. The molecule has 3 N–H and O–H groups in total. The summed E-state index contributed by atoms with van der Waals surface area (Å²) < 4.78 is 55.8. The molecule has 3 aromatic carbocycles. The van der Waals surface area contributed by atoms with Crippen molar-refractivity contribution in [2.75, 3.05) is 26.6 Å². The van der Waals surface area contributed by atoms with E-state index in [1.807, 2.05) is 0 Å². The van der Waals surface area contributed by atoms with Crippen molar-refractivity contribution in [3.8, 4) is 23.0 Å². The molecule has 4 aromatic rings. The monoisotopic (exact) mass is 524 g/mol. The molecule has 0 atom stereocenters. The van der Waals surface area contributed by atoms with Gasteiger partial charge in [0.15, 0.2) is 11.5 Å². The minimum atomic E-state index is -4.59. The Hall–Kier alpha value is -4.80. The second-order valence-corrected chi connectivity index (χ2v) is 8.00. The molecule has 0 spiro atoms. The standard InChI is InChI=1S/C27H23F3N4O4/c1-32-20-12-17(38-22-9-10-33-21-14-24(37-3)23(36-2)13-19(21)22)7-8-18(20)25(31)34-26(35)15-5-4-6-16(11-15)27(28,29)30/h4-14,32H,1-3H3,(H2,31,34,35). The Morgan fingerprint density at radius 1 is 0.947 bits per heavy atom. The number of halogens is 3. The molecular formula is C27H23F3N4O4. The fourth-order valence-corrected chi connectivity index (χ4v) is 3.76. The number of hydrogen-bond acceptors (Lipinski definition) is 7. The highest BCUT2D eigenvalue weighted by atomic mass is 19.4. The first-order valence-electron chi connectivity index (χ1n) is 11.2. The second-order valence-electron chi connectivity index (χ2n) is 8.00. The van der Waals surface area contributed by atoms with E-state index in [4.69, 9.17) is 19.6 Å². The molecule has 38 heavy (non-hydrogen) atoms. The van der Waals surface area contributed by atoms with Gasteiger partial charge in [0, 0.05) is 47.6 Å². The van der Waals surface area contributed by atoms with Crippen molar-refractivity contribution in [1.82, 2.24) is 10.3 Å². The number of amidine groups is 1. The quantitative estimate of drug-likeness (QED) is 0.207. The number of fused-ring (bicyclic) bond motifs is 1. The predicted octanol–water partition coefficient (Wildman–Crippen LogP) is 5.86. The lowest BCUT2D eigenvalue weighted by Gasteiger charge is -2.15. The Balaban J connectivity index is 1.57. The van der Waals surface area contributed by atoms with E-state index in [2.05, 4.69) is 15.6 Å². The predicted molar refractivity (Wildman–Crippen MR) is 137 cm³/mol. The highest BCUT2D eigenvalue weighted by Crippen LogP contribution is 2.37. The fourth-order valence-electron chi connectivity index (χ4n) is 3.76. The Labute approximate surface area is 215 Å². The molecule has 0 radical (unpaired) electrons. The molecule has 1 aromatic heterocycles. The first-order valence-corrected chi connectivity index (χ1v) is 11.2. The zero-order valence-electron chi connectivity index (χ0n) is 20.6. The average molecular weight is 524 g/mol. The molecule has 1 heterocycles. The summed E-state index contributed by atoms with van der Waals surface area (Å²) in [6, 6.07) is 14.0. The highest BCUT2D eigenvalue weighted by Gasteiger charge is 2.31. The van der Waals surface area contributed by atoms with Crippen molar-refractivity contribution in [1.29, 1.82) is 5.41 Å². The van der Waals surface area contributed by atoms with Crippen molar-refractivity contribution in [2.24, 2.45) is 0 Å². The summed E-state index contributed by atoms with van der Waals surface area (Å²) in [7, 11) is 4.69. The lowest BCUT2D eigenvalue weighted by atomic mass is 10.1. The third-order valence-electron chi connectivity index (χ3n) is 5.66. The summed E-state index contributed by atoms with van der Waals surface area (Å²) in [4.78, 5) is 16.9. The van der Waals surface area contributed by atoms with Crippen LogP contribution < -0.4 is 24.8 Å². The largest absolute Gasteiger partial charge is 0.493 e. The van der Waals surface area contributed by atoms with E-state index < -0.39 is 17.6 Å². The van der Waals surface area contributed by atoms with E-state index in [1.54, 1.807) is 49.6 Å². The molecular weight excluding hydrogens is 501 g/mol. The van der Waals surface area contributed by atoms with Crippen LogP contribution in [-0.4, -0.2) is 38.0 Å². The van der Waals surface area contributed by atoms with Crippen LogP contribution in [0.1, 0.15) is 21.5 Å². The molecule has 0 saturated heterocycles. The summed E-state index contributed by atoms with van der Waals surface area (Å²) in [6.45, 7) is 0. The van der Waals surface area contributed by atoms with Gasteiger partial charge in [-0.15, -0.1) is 0 Å². The van der Waals surface area contributed by atoms with Crippen molar-refractivity contribution in [3.63, 3.8) is 0 Å². The third-order valence-corrected chi connectivity index (χ3v) is 5.66. The first kappa shape index (κ1) is 26.3. The molecule has 0 saturated carbocycles. The van der Waals surface area contributed by atoms with Crippen LogP contribution >= 0.6 is 0 Å². The number of rotatable bonds is 7. The van der Waals surface area contributed by atoms with Crippen LogP contribution in [0.15, 0.2) is 66.9 Å². The molecule has 0 aliphatic heterocycles.